The van der Waals surface area contributed by atoms with Gasteiger partial charge in [0.25, 0.3) is 5.91 Å². The van der Waals surface area contributed by atoms with Gasteiger partial charge in [0.15, 0.2) is 0 Å². The van der Waals surface area contributed by atoms with Crippen LogP contribution in [-0.2, 0) is 6.54 Å². The molecule has 0 spiro atoms. The normalized spacial score (nSPS) is 10.4. The molecule has 0 saturated carbocycles. The average molecular weight is 308 g/mol. The van der Waals surface area contributed by atoms with Crippen molar-refractivity contribution >= 4 is 17.2 Å². The Morgan fingerprint density at radius 1 is 1.14 bits per heavy atom. The molecule has 4 heteroatoms. The van der Waals surface area contributed by atoms with Crippen LogP contribution < -0.4 is 5.32 Å². The maximum Gasteiger partial charge on any atom is 0.271 e. The highest BCUT2D eigenvalue weighted by atomic mass is 32.1. The predicted octanol–water partition coefficient (Wildman–Crippen LogP) is 4.05. The summed E-state index contributed by atoms with van der Waals surface area (Å²) in [5.74, 6) is -0.137. The number of rotatable bonds is 4. The van der Waals surface area contributed by atoms with Crippen LogP contribution in [0.3, 0.4) is 0 Å². The number of thiazole rings is 1. The summed E-state index contributed by atoms with van der Waals surface area (Å²) in [4.78, 5) is 15.9. The molecule has 1 heterocycles. The molecule has 22 heavy (non-hydrogen) atoms. The number of carbonyl (C=O) groups is 1. The van der Waals surface area contributed by atoms with Gasteiger partial charge in [-0.15, -0.1) is 11.3 Å². The quantitative estimate of drug-likeness (QED) is 0.790. The van der Waals surface area contributed by atoms with Crippen molar-refractivity contribution in [2.45, 2.75) is 13.5 Å². The van der Waals surface area contributed by atoms with Crippen LogP contribution in [-0.4, -0.2) is 10.9 Å². The lowest BCUT2D eigenvalue weighted by Crippen LogP contribution is -2.22. The first-order valence-corrected chi connectivity index (χ1v) is 7.99. The first kappa shape index (κ1) is 14.5. The molecule has 0 unspecified atom stereocenters. The fourth-order valence-electron chi connectivity index (χ4n) is 2.28. The van der Waals surface area contributed by atoms with Gasteiger partial charge in [-0.2, -0.15) is 0 Å². The van der Waals surface area contributed by atoms with Crippen molar-refractivity contribution in [3.05, 3.63) is 76.2 Å². The number of hydrogen-bond acceptors (Lipinski definition) is 3. The molecule has 0 bridgehead atoms. The third-order valence-electron chi connectivity index (χ3n) is 3.40. The minimum Gasteiger partial charge on any atom is -0.347 e. The predicted molar refractivity (Wildman–Crippen MR) is 89.9 cm³/mol. The van der Waals surface area contributed by atoms with Crippen molar-refractivity contribution in [2.75, 3.05) is 0 Å². The lowest BCUT2D eigenvalue weighted by Gasteiger charge is -2.07. The van der Waals surface area contributed by atoms with E-state index in [0.29, 0.717) is 12.2 Å². The summed E-state index contributed by atoms with van der Waals surface area (Å²) in [6, 6.07) is 16.6. The fraction of sp³-hybridized carbons (Fsp3) is 0.111. The summed E-state index contributed by atoms with van der Waals surface area (Å²) in [6.45, 7) is 2.58. The molecular formula is C18H16N2OS. The molecule has 3 nitrogen and oxygen atoms in total. The van der Waals surface area contributed by atoms with E-state index < -0.39 is 0 Å². The molecule has 3 aromatic rings. The number of aryl methyl sites for hydroxylation is 1. The van der Waals surface area contributed by atoms with E-state index in [1.54, 1.807) is 10.9 Å². The maximum absolute atomic E-state index is 11.9. The van der Waals surface area contributed by atoms with E-state index in [4.69, 9.17) is 0 Å². The molecular weight excluding hydrogens is 292 g/mol. The SMILES string of the molecule is Cc1cccc(-c2cccc(CNC(=O)c3cscn3)c2)c1. The second kappa shape index (κ2) is 6.54. The number of nitrogens with one attached hydrogen (secondary N) is 1. The molecule has 1 aromatic heterocycles. The lowest BCUT2D eigenvalue weighted by molar-refractivity contribution is 0.0946. The van der Waals surface area contributed by atoms with Gasteiger partial charge < -0.3 is 5.32 Å². The second-order valence-electron chi connectivity index (χ2n) is 5.13. The molecule has 0 radical (unpaired) electrons. The van der Waals surface area contributed by atoms with E-state index >= 15 is 0 Å². The Bertz CT molecular complexity index is 781. The minimum absolute atomic E-state index is 0.137. The summed E-state index contributed by atoms with van der Waals surface area (Å²) < 4.78 is 0. The Balaban J connectivity index is 1.73. The maximum atomic E-state index is 11.9. The van der Waals surface area contributed by atoms with Crippen molar-refractivity contribution in [3.8, 4) is 11.1 Å². The molecule has 0 aliphatic carbocycles. The molecule has 0 atom stereocenters. The van der Waals surface area contributed by atoms with E-state index in [1.807, 2.05) is 12.1 Å². The topological polar surface area (TPSA) is 42.0 Å². The molecule has 110 valence electrons. The zero-order chi connectivity index (χ0) is 15.4. The van der Waals surface area contributed by atoms with Crippen LogP contribution in [0.15, 0.2) is 59.4 Å². The molecule has 3 rings (SSSR count). The Morgan fingerprint density at radius 3 is 2.64 bits per heavy atom. The van der Waals surface area contributed by atoms with Gasteiger partial charge in [0, 0.05) is 11.9 Å². The van der Waals surface area contributed by atoms with Crippen LogP contribution in [0.5, 0.6) is 0 Å². The fourth-order valence-corrected chi connectivity index (χ4v) is 2.82. The lowest BCUT2D eigenvalue weighted by atomic mass is 10.0. The van der Waals surface area contributed by atoms with E-state index in [-0.39, 0.29) is 5.91 Å². The average Bonchev–Trinajstić information content (AvgIpc) is 3.07. The van der Waals surface area contributed by atoms with Crippen LogP contribution in [0.2, 0.25) is 0 Å². The zero-order valence-electron chi connectivity index (χ0n) is 12.2. The smallest absolute Gasteiger partial charge is 0.271 e. The van der Waals surface area contributed by atoms with E-state index in [9.17, 15) is 4.79 Å². The van der Waals surface area contributed by atoms with E-state index in [2.05, 4.69) is 53.6 Å². The number of hydrogen-bond donors (Lipinski definition) is 1. The Hall–Kier alpha value is -2.46. The van der Waals surface area contributed by atoms with Crippen molar-refractivity contribution in [1.29, 1.82) is 0 Å². The number of amides is 1. The molecule has 0 saturated heterocycles. The Labute approximate surface area is 133 Å². The van der Waals surface area contributed by atoms with E-state index in [0.717, 1.165) is 11.1 Å². The van der Waals surface area contributed by atoms with Gasteiger partial charge in [0.05, 0.1) is 5.51 Å². The Kier molecular flexibility index (Phi) is 4.30. The number of aromatic nitrogens is 1. The number of benzene rings is 2. The molecule has 2 aromatic carbocycles. The second-order valence-corrected chi connectivity index (χ2v) is 5.84. The number of nitrogens with zero attached hydrogens (tertiary/aromatic N) is 1. The summed E-state index contributed by atoms with van der Waals surface area (Å²) in [5, 5.41) is 4.65. The van der Waals surface area contributed by atoms with Crippen LogP contribution in [0.25, 0.3) is 11.1 Å². The van der Waals surface area contributed by atoms with Gasteiger partial charge >= 0.3 is 0 Å². The standard InChI is InChI=1S/C18H16N2OS/c1-13-4-2-6-15(8-13)16-7-3-5-14(9-16)10-19-18(21)17-11-22-12-20-17/h2-9,11-12H,10H2,1H3,(H,19,21). The molecule has 0 fully saturated rings. The highest BCUT2D eigenvalue weighted by Gasteiger charge is 2.07. The van der Waals surface area contributed by atoms with Gasteiger partial charge in [0.1, 0.15) is 5.69 Å². The van der Waals surface area contributed by atoms with Crippen molar-refractivity contribution in [3.63, 3.8) is 0 Å². The first-order valence-electron chi connectivity index (χ1n) is 7.05. The van der Waals surface area contributed by atoms with E-state index in [1.165, 1.54) is 22.5 Å². The highest BCUT2D eigenvalue weighted by molar-refractivity contribution is 7.07. The first-order chi connectivity index (χ1) is 10.7. The minimum atomic E-state index is -0.137. The third-order valence-corrected chi connectivity index (χ3v) is 3.98. The van der Waals surface area contributed by atoms with Gasteiger partial charge in [-0.05, 0) is 29.7 Å². The monoisotopic (exact) mass is 308 g/mol. The van der Waals surface area contributed by atoms with Crippen LogP contribution in [0.4, 0.5) is 0 Å². The summed E-state index contributed by atoms with van der Waals surface area (Å²) in [7, 11) is 0. The highest BCUT2D eigenvalue weighted by Crippen LogP contribution is 2.21. The Morgan fingerprint density at radius 2 is 1.91 bits per heavy atom. The molecule has 1 N–H and O–H groups in total. The number of carbonyl (C=O) groups excluding carboxylic acids is 1. The van der Waals surface area contributed by atoms with Crippen molar-refractivity contribution in [2.24, 2.45) is 0 Å². The van der Waals surface area contributed by atoms with Gasteiger partial charge in [-0.3, -0.25) is 4.79 Å². The van der Waals surface area contributed by atoms with Crippen molar-refractivity contribution in [1.82, 2.24) is 10.3 Å². The van der Waals surface area contributed by atoms with Crippen LogP contribution in [0, 0.1) is 6.92 Å². The largest absolute Gasteiger partial charge is 0.347 e. The van der Waals surface area contributed by atoms with Crippen LogP contribution >= 0.6 is 11.3 Å². The summed E-state index contributed by atoms with van der Waals surface area (Å²) in [6.07, 6.45) is 0. The van der Waals surface area contributed by atoms with Crippen molar-refractivity contribution < 1.29 is 4.79 Å². The summed E-state index contributed by atoms with van der Waals surface area (Å²) in [5.41, 5.74) is 6.78. The molecule has 0 aliphatic rings. The van der Waals surface area contributed by atoms with Gasteiger partial charge in [-0.1, -0.05) is 48.0 Å². The van der Waals surface area contributed by atoms with Gasteiger partial charge in [-0.25, -0.2) is 4.98 Å². The summed E-state index contributed by atoms with van der Waals surface area (Å²) >= 11 is 1.42. The molecule has 0 aliphatic heterocycles. The third kappa shape index (κ3) is 3.40. The zero-order valence-corrected chi connectivity index (χ0v) is 13.1. The van der Waals surface area contributed by atoms with Crippen LogP contribution in [0.1, 0.15) is 21.6 Å². The molecule has 1 amide bonds. The van der Waals surface area contributed by atoms with Gasteiger partial charge in [0.2, 0.25) is 0 Å².